The highest BCUT2D eigenvalue weighted by Crippen LogP contribution is 2.51. The molecule has 1 unspecified atom stereocenters. The maximum Gasteiger partial charge on any atom is 0.410 e. The van der Waals surface area contributed by atoms with Crippen LogP contribution in [0.25, 0.3) is 0 Å². The quantitative estimate of drug-likeness (QED) is 0.153. The van der Waals surface area contributed by atoms with Crippen molar-refractivity contribution >= 4 is 23.6 Å². The van der Waals surface area contributed by atoms with Crippen molar-refractivity contribution < 1.29 is 28.2 Å². The fourth-order valence-electron chi connectivity index (χ4n) is 7.59. The highest BCUT2D eigenvalue weighted by atomic mass is 19.1. The molecule has 3 heterocycles. The van der Waals surface area contributed by atoms with Gasteiger partial charge in [0.2, 0.25) is 11.8 Å². The fraction of sp³-hybridized carbons (Fsp3) is 0.452. The number of nitrogens with zero attached hydrogens (tertiary/aromatic N) is 4. The number of hydrogen-bond donors (Lipinski definition) is 2. The zero-order valence-electron chi connectivity index (χ0n) is 31.6. The molecule has 2 aromatic heterocycles. The smallest absolute Gasteiger partial charge is 0.410 e. The lowest BCUT2D eigenvalue weighted by Crippen LogP contribution is -2.50. The van der Waals surface area contributed by atoms with Gasteiger partial charge in [0.05, 0.1) is 6.20 Å². The molecule has 3 amide bonds. The van der Waals surface area contributed by atoms with Gasteiger partial charge in [-0.05, 0) is 119 Å². The number of rotatable bonds is 12. The van der Waals surface area contributed by atoms with Crippen LogP contribution in [0.3, 0.4) is 0 Å². The Balaban J connectivity index is 1.19. The summed E-state index contributed by atoms with van der Waals surface area (Å²) >= 11 is 0. The third kappa shape index (κ3) is 8.58. The van der Waals surface area contributed by atoms with Gasteiger partial charge < -0.3 is 25.0 Å². The number of benzene rings is 2. The van der Waals surface area contributed by atoms with Crippen molar-refractivity contribution in [1.82, 2.24) is 25.0 Å². The van der Waals surface area contributed by atoms with E-state index in [9.17, 15) is 18.8 Å². The highest BCUT2D eigenvalue weighted by Gasteiger charge is 2.48. The fourth-order valence-corrected chi connectivity index (χ4v) is 7.59. The molecule has 7 rings (SSSR count). The van der Waals surface area contributed by atoms with Crippen molar-refractivity contribution in [3.8, 4) is 5.88 Å². The lowest BCUT2D eigenvalue weighted by molar-refractivity contribution is -0.119. The van der Waals surface area contributed by atoms with Gasteiger partial charge in [-0.25, -0.2) is 14.2 Å². The Morgan fingerprint density at radius 1 is 0.963 bits per heavy atom. The lowest BCUT2D eigenvalue weighted by Gasteiger charge is -2.36. The van der Waals surface area contributed by atoms with Crippen LogP contribution in [0, 0.1) is 23.6 Å². The first-order valence-corrected chi connectivity index (χ1v) is 18.9. The molecule has 0 radical (unpaired) electrons. The van der Waals surface area contributed by atoms with Crippen molar-refractivity contribution in [2.75, 3.05) is 11.9 Å². The van der Waals surface area contributed by atoms with Crippen LogP contribution in [0.1, 0.15) is 105 Å². The molecule has 2 atom stereocenters. The zero-order valence-corrected chi connectivity index (χ0v) is 31.6. The van der Waals surface area contributed by atoms with Gasteiger partial charge >= 0.3 is 6.09 Å². The molecule has 2 aliphatic carbocycles. The molecule has 54 heavy (non-hydrogen) atoms. The maximum atomic E-state index is 14.9. The molecule has 11 nitrogen and oxygen atoms in total. The van der Waals surface area contributed by atoms with Gasteiger partial charge in [0.15, 0.2) is 0 Å². The highest BCUT2D eigenvalue weighted by molar-refractivity contribution is 6.01. The van der Waals surface area contributed by atoms with Gasteiger partial charge in [0.25, 0.3) is 5.91 Å². The molecule has 0 bridgehead atoms. The number of halogens is 1. The number of hydrogen-bond acceptors (Lipinski definition) is 7. The molecule has 0 saturated heterocycles. The zero-order chi connectivity index (χ0) is 38.1. The number of pyridine rings is 1. The Bertz CT molecular complexity index is 1990. The minimum Gasteiger partial charge on any atom is -0.473 e. The van der Waals surface area contributed by atoms with Crippen molar-refractivity contribution in [1.29, 1.82) is 0 Å². The molecular formula is C42H49FN6O5. The number of ether oxygens (including phenoxy) is 2. The maximum absolute atomic E-state index is 14.9. The Morgan fingerprint density at radius 2 is 1.69 bits per heavy atom. The van der Waals surface area contributed by atoms with E-state index in [1.807, 2.05) is 83.1 Å². The summed E-state index contributed by atoms with van der Waals surface area (Å²) in [5.74, 6) is -0.587. The molecule has 284 valence electrons. The lowest BCUT2D eigenvalue weighted by atomic mass is 9.84. The summed E-state index contributed by atoms with van der Waals surface area (Å²) < 4.78 is 28.5. The number of nitrogens with one attached hydrogen (secondary N) is 2. The molecule has 1 aliphatic heterocycles. The van der Waals surface area contributed by atoms with E-state index in [1.165, 1.54) is 6.07 Å². The van der Waals surface area contributed by atoms with Gasteiger partial charge in [-0.3, -0.25) is 14.3 Å². The molecule has 4 aromatic rings. The molecule has 12 heteroatoms. The Labute approximate surface area is 315 Å². The number of anilines is 1. The number of amides is 3. The normalized spacial score (nSPS) is 17.6. The van der Waals surface area contributed by atoms with E-state index in [1.54, 1.807) is 21.8 Å². The number of fused-ring (bicyclic) bond motifs is 1. The summed E-state index contributed by atoms with van der Waals surface area (Å²) in [5.41, 5.74) is 3.24. The Hall–Kier alpha value is -5.26. The van der Waals surface area contributed by atoms with Crippen LogP contribution in [0.15, 0.2) is 73.1 Å². The summed E-state index contributed by atoms with van der Waals surface area (Å²) in [5, 5.41) is 10.5. The minimum absolute atomic E-state index is 0.0232. The van der Waals surface area contributed by atoms with Gasteiger partial charge in [-0.15, -0.1) is 0 Å². The van der Waals surface area contributed by atoms with Crippen molar-refractivity contribution in [2.24, 2.45) is 17.8 Å². The van der Waals surface area contributed by atoms with E-state index < -0.39 is 29.5 Å². The molecule has 0 spiro atoms. The number of aromatic nitrogens is 3. The third-order valence-electron chi connectivity index (χ3n) is 10.3. The standard InChI is InChI=1S/C42H49FN6O5/c1-25(2)49-35(17-18-45-49)38(50)47-37(36(27-11-12-27)28-13-14-28)39(51)46-31-15-16-32-29(19-31)22-48(41(52)54-42(3,4)5)23-34(32)33-20-30(43)21-44-40(33)53-24-26-9-7-6-8-10-26/h6-10,15-21,25,27-28,34,36-37H,11-14,22-24H2,1-5H3,(H,46,51)(H,47,50)/t34?,37-/m0/s1. The van der Waals surface area contributed by atoms with Gasteiger partial charge in [0.1, 0.15) is 29.8 Å². The molecule has 2 N–H and O–H groups in total. The van der Waals surface area contributed by atoms with Crippen LogP contribution in [0.5, 0.6) is 5.88 Å². The first-order valence-electron chi connectivity index (χ1n) is 18.9. The predicted molar refractivity (Wildman–Crippen MR) is 201 cm³/mol. The van der Waals surface area contributed by atoms with Crippen molar-refractivity contribution in [3.63, 3.8) is 0 Å². The van der Waals surface area contributed by atoms with E-state index in [-0.39, 0.29) is 49.4 Å². The van der Waals surface area contributed by atoms with E-state index >= 15 is 0 Å². The summed E-state index contributed by atoms with van der Waals surface area (Å²) in [6.07, 6.45) is 6.37. The van der Waals surface area contributed by atoms with Gasteiger partial charge in [0, 0.05) is 42.5 Å². The third-order valence-corrected chi connectivity index (χ3v) is 10.3. The van der Waals surface area contributed by atoms with Crippen LogP contribution >= 0.6 is 0 Å². The summed E-state index contributed by atoms with van der Waals surface area (Å²) in [6, 6.07) is 17.5. The molecule has 2 saturated carbocycles. The van der Waals surface area contributed by atoms with Crippen LogP contribution in [0.4, 0.5) is 14.9 Å². The second kappa shape index (κ2) is 15.2. The average molecular weight is 737 g/mol. The molecule has 2 fully saturated rings. The molecule has 2 aromatic carbocycles. The largest absolute Gasteiger partial charge is 0.473 e. The van der Waals surface area contributed by atoms with Crippen LogP contribution in [-0.2, 0) is 22.7 Å². The van der Waals surface area contributed by atoms with Crippen LogP contribution in [-0.4, -0.2) is 55.8 Å². The topological polar surface area (TPSA) is 128 Å². The average Bonchev–Trinajstić information content (AvgIpc) is 4.08. The second-order valence-corrected chi connectivity index (χ2v) is 16.1. The van der Waals surface area contributed by atoms with Gasteiger partial charge in [-0.2, -0.15) is 5.10 Å². The van der Waals surface area contributed by atoms with Crippen molar-refractivity contribution in [2.45, 2.75) is 97.1 Å². The van der Waals surface area contributed by atoms with E-state index in [0.717, 1.165) is 48.6 Å². The van der Waals surface area contributed by atoms with E-state index in [2.05, 4.69) is 20.7 Å². The van der Waals surface area contributed by atoms with Crippen LogP contribution < -0.4 is 15.4 Å². The minimum atomic E-state index is -0.738. The Morgan fingerprint density at radius 3 is 2.35 bits per heavy atom. The second-order valence-electron chi connectivity index (χ2n) is 16.1. The summed E-state index contributed by atoms with van der Waals surface area (Å²) in [4.78, 5) is 47.5. The first kappa shape index (κ1) is 37.1. The molecular weight excluding hydrogens is 687 g/mol. The van der Waals surface area contributed by atoms with Gasteiger partial charge in [-0.1, -0.05) is 36.4 Å². The van der Waals surface area contributed by atoms with E-state index in [0.29, 0.717) is 28.8 Å². The predicted octanol–water partition coefficient (Wildman–Crippen LogP) is 7.63. The first-order chi connectivity index (χ1) is 25.8. The van der Waals surface area contributed by atoms with Crippen molar-refractivity contribution in [3.05, 3.63) is 107 Å². The summed E-state index contributed by atoms with van der Waals surface area (Å²) in [7, 11) is 0. The number of carbonyl (C=O) groups excluding carboxylic acids is 3. The van der Waals surface area contributed by atoms with Crippen LogP contribution in [0.2, 0.25) is 0 Å². The Kier molecular flexibility index (Phi) is 10.5. The SMILES string of the molecule is CC(C)n1nccc1C(=O)N[C@H](C(=O)Nc1ccc2c(c1)CN(C(=O)OC(C)(C)C)CC2c1cc(F)cnc1OCc1ccccc1)C(C1CC1)C1CC1. The molecule has 3 aliphatic rings. The summed E-state index contributed by atoms with van der Waals surface area (Å²) in [6.45, 7) is 9.98. The van der Waals surface area contributed by atoms with E-state index in [4.69, 9.17) is 9.47 Å². The number of carbonyl (C=O) groups is 3. The monoisotopic (exact) mass is 736 g/mol.